The molecule has 0 bridgehead atoms. The first kappa shape index (κ1) is 31.2. The molecule has 1 amide bonds. The van der Waals surface area contributed by atoms with Crippen molar-refractivity contribution >= 4 is 44.9 Å². The lowest BCUT2D eigenvalue weighted by Gasteiger charge is -2.25. The van der Waals surface area contributed by atoms with Crippen molar-refractivity contribution in [3.05, 3.63) is 155 Å². The van der Waals surface area contributed by atoms with Crippen LogP contribution in [-0.4, -0.2) is 17.1 Å². The number of ether oxygens (including phenoxy) is 2. The molecule has 10 heteroatoms. The zero-order chi connectivity index (χ0) is 32.2. The number of benzene rings is 4. The minimum absolute atomic E-state index is 0.257. The topological polar surface area (TPSA) is 81.9 Å². The number of carbonyl (C=O) groups is 1. The Bertz CT molecular complexity index is 2110. The number of nitrogens with zero attached hydrogens (tertiary/aromatic N) is 2. The van der Waals surface area contributed by atoms with Gasteiger partial charge in [0.25, 0.3) is 11.5 Å². The maximum Gasteiger partial charge on any atom is 0.271 e. The number of rotatable bonds is 9. The summed E-state index contributed by atoms with van der Waals surface area (Å²) in [6.45, 7) is 4.51. The van der Waals surface area contributed by atoms with E-state index in [4.69, 9.17) is 14.5 Å². The summed E-state index contributed by atoms with van der Waals surface area (Å²) in [6, 6.07) is 27.6. The van der Waals surface area contributed by atoms with Gasteiger partial charge in [-0.05, 0) is 101 Å². The molecular formula is C36H29BrFN3O4S. The van der Waals surface area contributed by atoms with Crippen LogP contribution in [0.25, 0.3) is 6.08 Å². The molecule has 5 aromatic rings. The van der Waals surface area contributed by atoms with E-state index in [0.29, 0.717) is 48.9 Å². The van der Waals surface area contributed by atoms with Crippen molar-refractivity contribution in [3.8, 4) is 11.5 Å². The van der Waals surface area contributed by atoms with Crippen LogP contribution >= 0.6 is 27.3 Å². The van der Waals surface area contributed by atoms with E-state index in [1.165, 1.54) is 23.5 Å². The number of fused-ring (bicyclic) bond motifs is 1. The molecule has 0 saturated carbocycles. The van der Waals surface area contributed by atoms with Crippen LogP contribution in [0.5, 0.6) is 11.5 Å². The predicted octanol–water partition coefficient (Wildman–Crippen LogP) is 6.75. The lowest BCUT2D eigenvalue weighted by Crippen LogP contribution is -2.40. The molecule has 0 saturated heterocycles. The monoisotopic (exact) mass is 697 g/mol. The van der Waals surface area contributed by atoms with Crippen molar-refractivity contribution < 1.29 is 18.7 Å². The van der Waals surface area contributed by atoms with Gasteiger partial charge in [-0.3, -0.25) is 14.2 Å². The molecule has 46 heavy (non-hydrogen) atoms. The van der Waals surface area contributed by atoms with Gasteiger partial charge in [0.2, 0.25) is 0 Å². The highest BCUT2D eigenvalue weighted by molar-refractivity contribution is 9.10. The third-order valence-electron chi connectivity index (χ3n) is 7.37. The van der Waals surface area contributed by atoms with Crippen LogP contribution in [0.4, 0.5) is 10.1 Å². The first-order valence-corrected chi connectivity index (χ1v) is 16.2. The van der Waals surface area contributed by atoms with Crippen molar-refractivity contribution in [2.45, 2.75) is 26.5 Å². The summed E-state index contributed by atoms with van der Waals surface area (Å²) in [5, 5.41) is 2.97. The van der Waals surface area contributed by atoms with Crippen molar-refractivity contribution in [1.29, 1.82) is 0 Å². The van der Waals surface area contributed by atoms with Crippen LogP contribution in [0.3, 0.4) is 0 Å². The molecule has 4 aromatic carbocycles. The lowest BCUT2D eigenvalue weighted by atomic mass is 9.95. The zero-order valence-corrected chi connectivity index (χ0v) is 27.4. The van der Waals surface area contributed by atoms with E-state index in [-0.39, 0.29) is 23.9 Å². The third kappa shape index (κ3) is 6.73. The van der Waals surface area contributed by atoms with Gasteiger partial charge in [0, 0.05) is 5.69 Å². The molecule has 1 N–H and O–H groups in total. The van der Waals surface area contributed by atoms with Crippen molar-refractivity contribution in [1.82, 2.24) is 4.57 Å². The van der Waals surface area contributed by atoms with E-state index in [1.807, 2.05) is 79.7 Å². The van der Waals surface area contributed by atoms with E-state index in [2.05, 4.69) is 21.2 Å². The van der Waals surface area contributed by atoms with E-state index < -0.39 is 6.04 Å². The SMILES string of the molecule is CCOc1ccc([C@H]2C(C(=O)Nc3ccccc3)=C(C)N=c3s/c(=C\c4ccc(OCc5ccc(F)cc5)c(Br)c4)c(=O)n32)cc1. The smallest absolute Gasteiger partial charge is 0.271 e. The van der Waals surface area contributed by atoms with Crippen LogP contribution < -0.4 is 29.7 Å². The summed E-state index contributed by atoms with van der Waals surface area (Å²) in [5.41, 5.74) is 3.69. The molecule has 1 aliphatic heterocycles. The van der Waals surface area contributed by atoms with Gasteiger partial charge in [0.05, 0.1) is 32.9 Å². The highest BCUT2D eigenvalue weighted by Crippen LogP contribution is 2.32. The Hall–Kier alpha value is -4.80. The van der Waals surface area contributed by atoms with Gasteiger partial charge >= 0.3 is 0 Å². The molecular weight excluding hydrogens is 669 g/mol. The van der Waals surface area contributed by atoms with Crippen LogP contribution in [0.2, 0.25) is 0 Å². The Labute approximate surface area is 277 Å². The van der Waals surface area contributed by atoms with Crippen molar-refractivity contribution in [3.63, 3.8) is 0 Å². The Morgan fingerprint density at radius 1 is 1.02 bits per heavy atom. The summed E-state index contributed by atoms with van der Waals surface area (Å²) >= 11 is 4.84. The van der Waals surface area contributed by atoms with Crippen LogP contribution in [0.1, 0.15) is 36.6 Å². The Morgan fingerprint density at radius 3 is 2.46 bits per heavy atom. The average molecular weight is 699 g/mol. The van der Waals surface area contributed by atoms with Gasteiger partial charge in [-0.1, -0.05) is 59.9 Å². The van der Waals surface area contributed by atoms with E-state index >= 15 is 0 Å². The summed E-state index contributed by atoms with van der Waals surface area (Å²) in [5.74, 6) is 0.682. The summed E-state index contributed by atoms with van der Waals surface area (Å²) in [6.07, 6.45) is 1.80. The number of para-hydroxylation sites is 1. The fraction of sp³-hybridized carbons (Fsp3) is 0.139. The lowest BCUT2D eigenvalue weighted by molar-refractivity contribution is -0.113. The summed E-state index contributed by atoms with van der Waals surface area (Å²) in [4.78, 5) is 33.1. The van der Waals surface area contributed by atoms with Crippen LogP contribution in [0.15, 0.2) is 123 Å². The van der Waals surface area contributed by atoms with Gasteiger partial charge in [-0.2, -0.15) is 0 Å². The summed E-state index contributed by atoms with van der Waals surface area (Å²) in [7, 11) is 0. The molecule has 2 heterocycles. The molecule has 1 aromatic heterocycles. The zero-order valence-electron chi connectivity index (χ0n) is 25.0. The van der Waals surface area contributed by atoms with E-state index in [9.17, 15) is 14.0 Å². The van der Waals surface area contributed by atoms with Crippen LogP contribution in [0, 0.1) is 5.82 Å². The van der Waals surface area contributed by atoms with Gasteiger partial charge < -0.3 is 14.8 Å². The number of aromatic nitrogens is 1. The second kappa shape index (κ2) is 13.7. The second-order valence-electron chi connectivity index (χ2n) is 10.5. The summed E-state index contributed by atoms with van der Waals surface area (Å²) < 4.78 is 27.6. The van der Waals surface area contributed by atoms with Gasteiger partial charge in [-0.25, -0.2) is 9.38 Å². The number of anilines is 1. The Morgan fingerprint density at radius 2 is 1.76 bits per heavy atom. The standard InChI is InChI=1S/C36H29BrFN3O4S/c1-3-44-28-16-12-25(13-17-28)33-32(34(42)40-27-7-5-4-6-8-27)22(2)39-36-41(33)35(43)31(46-36)20-24-11-18-30(29(37)19-24)45-21-23-9-14-26(38)15-10-23/h4-20,33H,3,21H2,1-2H3,(H,40,42)/b31-20-/t33-/m0/s1. The number of allylic oxidation sites excluding steroid dienone is 1. The number of halogens is 2. The van der Waals surface area contributed by atoms with Gasteiger partial charge in [0.15, 0.2) is 4.80 Å². The Kier molecular flexibility index (Phi) is 9.28. The molecule has 1 atom stereocenters. The number of carbonyl (C=O) groups excluding carboxylic acids is 1. The molecule has 0 radical (unpaired) electrons. The first-order chi connectivity index (χ1) is 22.3. The largest absolute Gasteiger partial charge is 0.494 e. The predicted molar refractivity (Wildman–Crippen MR) is 181 cm³/mol. The molecule has 0 unspecified atom stereocenters. The minimum atomic E-state index is -0.702. The van der Waals surface area contributed by atoms with Crippen molar-refractivity contribution in [2.75, 3.05) is 11.9 Å². The van der Waals surface area contributed by atoms with Crippen molar-refractivity contribution in [2.24, 2.45) is 4.99 Å². The van der Waals surface area contributed by atoms with E-state index in [1.54, 1.807) is 29.7 Å². The maximum absolute atomic E-state index is 14.1. The fourth-order valence-corrected chi connectivity index (χ4v) is 6.73. The molecule has 232 valence electrons. The second-order valence-corrected chi connectivity index (χ2v) is 12.4. The fourth-order valence-electron chi connectivity index (χ4n) is 5.18. The third-order valence-corrected chi connectivity index (χ3v) is 8.97. The number of nitrogens with one attached hydrogen (secondary N) is 1. The Balaban J connectivity index is 1.36. The average Bonchev–Trinajstić information content (AvgIpc) is 3.35. The highest BCUT2D eigenvalue weighted by Gasteiger charge is 2.32. The number of amides is 1. The number of hydrogen-bond acceptors (Lipinski definition) is 6. The van der Waals surface area contributed by atoms with Gasteiger partial charge in [-0.15, -0.1) is 0 Å². The number of thiazole rings is 1. The quantitative estimate of drug-likeness (QED) is 0.185. The molecule has 0 aliphatic carbocycles. The molecule has 6 rings (SSSR count). The molecule has 1 aliphatic rings. The van der Waals surface area contributed by atoms with Gasteiger partial charge in [0.1, 0.15) is 23.9 Å². The first-order valence-electron chi connectivity index (χ1n) is 14.6. The number of hydrogen-bond donors (Lipinski definition) is 1. The normalized spacial score (nSPS) is 14.4. The molecule has 7 nitrogen and oxygen atoms in total. The minimum Gasteiger partial charge on any atom is -0.494 e. The van der Waals surface area contributed by atoms with Crippen LogP contribution in [-0.2, 0) is 11.4 Å². The maximum atomic E-state index is 14.1. The van der Waals surface area contributed by atoms with E-state index in [0.717, 1.165) is 16.7 Å². The molecule has 0 spiro atoms. The molecule has 0 fully saturated rings. The highest BCUT2D eigenvalue weighted by atomic mass is 79.9.